The van der Waals surface area contributed by atoms with E-state index in [0.29, 0.717) is 4.88 Å². The summed E-state index contributed by atoms with van der Waals surface area (Å²) in [7, 11) is 0. The number of amides is 2. The van der Waals surface area contributed by atoms with Crippen LogP contribution in [0.15, 0.2) is 35.7 Å². The van der Waals surface area contributed by atoms with E-state index in [1.165, 1.54) is 11.3 Å². The minimum absolute atomic E-state index is 0.00957. The van der Waals surface area contributed by atoms with Crippen LogP contribution in [0, 0.1) is 19.8 Å². The molecule has 4 nitrogen and oxygen atoms in total. The quantitative estimate of drug-likeness (QED) is 0.877. The first-order valence-corrected chi connectivity index (χ1v) is 8.49. The average Bonchev–Trinajstić information content (AvgIpc) is 3.01. The number of nitrogens with one attached hydrogen (secondary N) is 2. The Morgan fingerprint density at radius 2 is 1.87 bits per heavy atom. The molecule has 2 aromatic rings. The van der Waals surface area contributed by atoms with E-state index in [1.807, 2.05) is 57.3 Å². The molecule has 1 aromatic heterocycles. The van der Waals surface area contributed by atoms with Crippen LogP contribution < -0.4 is 10.6 Å². The number of benzene rings is 1. The molecule has 0 spiro atoms. The number of carbonyl (C=O) groups excluding carboxylic acids is 2. The molecule has 0 fully saturated rings. The van der Waals surface area contributed by atoms with Crippen molar-refractivity contribution in [1.82, 2.24) is 5.32 Å². The smallest absolute Gasteiger partial charge is 0.262 e. The van der Waals surface area contributed by atoms with E-state index < -0.39 is 6.04 Å². The van der Waals surface area contributed by atoms with Gasteiger partial charge in [0.15, 0.2) is 0 Å². The van der Waals surface area contributed by atoms with Gasteiger partial charge in [-0.15, -0.1) is 11.3 Å². The molecule has 0 saturated carbocycles. The Hall–Kier alpha value is -2.14. The first kappa shape index (κ1) is 17.2. The van der Waals surface area contributed by atoms with E-state index in [9.17, 15) is 9.59 Å². The second-order valence-electron chi connectivity index (χ2n) is 5.98. The number of rotatable bonds is 5. The molecule has 0 radical (unpaired) electrons. The minimum atomic E-state index is -0.578. The van der Waals surface area contributed by atoms with Crippen LogP contribution in [0.3, 0.4) is 0 Å². The van der Waals surface area contributed by atoms with Crippen molar-refractivity contribution < 1.29 is 9.59 Å². The topological polar surface area (TPSA) is 58.2 Å². The van der Waals surface area contributed by atoms with Crippen molar-refractivity contribution in [3.8, 4) is 0 Å². The van der Waals surface area contributed by atoms with Crippen LogP contribution in [0.1, 0.15) is 34.6 Å². The summed E-state index contributed by atoms with van der Waals surface area (Å²) in [6.45, 7) is 7.80. The summed E-state index contributed by atoms with van der Waals surface area (Å²) in [5.74, 6) is -0.420. The van der Waals surface area contributed by atoms with Crippen molar-refractivity contribution in [2.75, 3.05) is 5.32 Å². The monoisotopic (exact) mass is 330 g/mol. The molecule has 5 heteroatoms. The van der Waals surface area contributed by atoms with E-state index in [1.54, 1.807) is 6.07 Å². The zero-order valence-electron chi connectivity index (χ0n) is 13.8. The SMILES string of the molecule is Cc1ccc(NC(=O)C(NC(=O)c2cccs2)C(C)C)c(C)c1. The zero-order valence-corrected chi connectivity index (χ0v) is 14.7. The van der Waals surface area contributed by atoms with Gasteiger partial charge in [0.1, 0.15) is 6.04 Å². The Morgan fingerprint density at radius 1 is 1.13 bits per heavy atom. The number of hydrogen-bond donors (Lipinski definition) is 2. The Morgan fingerprint density at radius 3 is 2.43 bits per heavy atom. The average molecular weight is 330 g/mol. The fourth-order valence-electron chi connectivity index (χ4n) is 2.32. The van der Waals surface area contributed by atoms with Crippen LogP contribution in [0.25, 0.3) is 0 Å². The molecule has 2 rings (SSSR count). The van der Waals surface area contributed by atoms with Crippen molar-refractivity contribution in [3.05, 3.63) is 51.7 Å². The molecule has 1 heterocycles. The van der Waals surface area contributed by atoms with Crippen LogP contribution in [0.2, 0.25) is 0 Å². The lowest BCUT2D eigenvalue weighted by Crippen LogP contribution is -2.47. The molecule has 0 aliphatic carbocycles. The third-order valence-electron chi connectivity index (χ3n) is 3.62. The Kier molecular flexibility index (Phi) is 5.55. The molecule has 0 saturated heterocycles. The Balaban J connectivity index is 2.10. The first-order valence-electron chi connectivity index (χ1n) is 7.61. The summed E-state index contributed by atoms with van der Waals surface area (Å²) in [5, 5.41) is 7.59. The van der Waals surface area contributed by atoms with Gasteiger partial charge in [-0.1, -0.05) is 37.6 Å². The largest absolute Gasteiger partial charge is 0.339 e. The van der Waals surface area contributed by atoms with E-state index >= 15 is 0 Å². The maximum Gasteiger partial charge on any atom is 0.262 e. The van der Waals surface area contributed by atoms with E-state index in [2.05, 4.69) is 10.6 Å². The van der Waals surface area contributed by atoms with Gasteiger partial charge in [0.05, 0.1) is 4.88 Å². The molecule has 1 aromatic carbocycles. The van der Waals surface area contributed by atoms with Crippen molar-refractivity contribution >= 4 is 28.8 Å². The summed E-state index contributed by atoms with van der Waals surface area (Å²) in [6.07, 6.45) is 0. The highest BCUT2D eigenvalue weighted by molar-refractivity contribution is 7.12. The molecule has 0 aliphatic heterocycles. The first-order chi connectivity index (χ1) is 10.9. The predicted octanol–water partition coefficient (Wildman–Crippen LogP) is 3.76. The second kappa shape index (κ2) is 7.42. The molecule has 1 atom stereocenters. The third kappa shape index (κ3) is 4.42. The molecule has 0 aliphatic rings. The van der Waals surface area contributed by atoms with Crippen LogP contribution in [0.4, 0.5) is 5.69 Å². The zero-order chi connectivity index (χ0) is 17.0. The number of carbonyl (C=O) groups is 2. The maximum atomic E-state index is 12.6. The van der Waals surface area contributed by atoms with Crippen LogP contribution >= 0.6 is 11.3 Å². The van der Waals surface area contributed by atoms with Crippen LogP contribution in [-0.2, 0) is 4.79 Å². The maximum absolute atomic E-state index is 12.6. The summed E-state index contributed by atoms with van der Waals surface area (Å²) < 4.78 is 0. The molecule has 23 heavy (non-hydrogen) atoms. The van der Waals surface area contributed by atoms with Gasteiger partial charge >= 0.3 is 0 Å². The summed E-state index contributed by atoms with van der Waals surface area (Å²) in [6, 6.07) is 8.85. The molecular weight excluding hydrogens is 308 g/mol. The van der Waals surface area contributed by atoms with Gasteiger partial charge in [-0.25, -0.2) is 0 Å². The van der Waals surface area contributed by atoms with Gasteiger partial charge in [0.25, 0.3) is 5.91 Å². The highest BCUT2D eigenvalue weighted by atomic mass is 32.1. The second-order valence-corrected chi connectivity index (χ2v) is 6.93. The predicted molar refractivity (Wildman–Crippen MR) is 95.0 cm³/mol. The third-order valence-corrected chi connectivity index (χ3v) is 4.49. The molecule has 1 unspecified atom stereocenters. The molecule has 2 N–H and O–H groups in total. The van der Waals surface area contributed by atoms with Gasteiger partial charge in [0.2, 0.25) is 5.91 Å². The fraction of sp³-hybridized carbons (Fsp3) is 0.333. The van der Waals surface area contributed by atoms with E-state index in [0.717, 1.165) is 16.8 Å². The number of hydrogen-bond acceptors (Lipinski definition) is 3. The highest BCUT2D eigenvalue weighted by Crippen LogP contribution is 2.17. The normalized spacial score (nSPS) is 12.0. The lowest BCUT2D eigenvalue weighted by molar-refractivity contribution is -0.118. The van der Waals surface area contributed by atoms with Crippen LogP contribution in [0.5, 0.6) is 0 Å². The van der Waals surface area contributed by atoms with Gasteiger partial charge in [0, 0.05) is 5.69 Å². The number of aryl methyl sites for hydroxylation is 2. The van der Waals surface area contributed by atoms with E-state index in [-0.39, 0.29) is 17.7 Å². The van der Waals surface area contributed by atoms with Crippen molar-refractivity contribution in [2.45, 2.75) is 33.7 Å². The summed E-state index contributed by atoms with van der Waals surface area (Å²) in [5.41, 5.74) is 2.92. The molecule has 122 valence electrons. The van der Waals surface area contributed by atoms with Crippen molar-refractivity contribution in [2.24, 2.45) is 5.92 Å². The van der Waals surface area contributed by atoms with Gasteiger partial charge in [-0.05, 0) is 42.8 Å². The summed E-state index contributed by atoms with van der Waals surface area (Å²) >= 11 is 1.36. The van der Waals surface area contributed by atoms with E-state index in [4.69, 9.17) is 0 Å². The number of thiophene rings is 1. The van der Waals surface area contributed by atoms with Gasteiger partial charge in [-0.3, -0.25) is 9.59 Å². The van der Waals surface area contributed by atoms with Crippen molar-refractivity contribution in [3.63, 3.8) is 0 Å². The lowest BCUT2D eigenvalue weighted by atomic mass is 10.0. The molecule has 0 bridgehead atoms. The lowest BCUT2D eigenvalue weighted by Gasteiger charge is -2.22. The Bertz CT molecular complexity index is 693. The fourth-order valence-corrected chi connectivity index (χ4v) is 2.95. The highest BCUT2D eigenvalue weighted by Gasteiger charge is 2.25. The summed E-state index contributed by atoms with van der Waals surface area (Å²) in [4.78, 5) is 25.4. The standard InChI is InChI=1S/C18H22N2O2S/c1-11(2)16(20-17(21)15-6-5-9-23-15)18(22)19-14-8-7-12(3)10-13(14)4/h5-11,16H,1-4H3,(H,19,22)(H,20,21). The number of anilines is 1. The van der Waals surface area contributed by atoms with Crippen molar-refractivity contribution in [1.29, 1.82) is 0 Å². The Labute approximate surface area is 140 Å². The van der Waals surface area contributed by atoms with Crippen LogP contribution in [-0.4, -0.2) is 17.9 Å². The van der Waals surface area contributed by atoms with Gasteiger partial charge in [-0.2, -0.15) is 0 Å². The molecule has 2 amide bonds. The minimum Gasteiger partial charge on any atom is -0.339 e. The molecular formula is C18H22N2O2S. The van der Waals surface area contributed by atoms with Gasteiger partial charge < -0.3 is 10.6 Å².